The van der Waals surface area contributed by atoms with Gasteiger partial charge in [0.1, 0.15) is 5.82 Å². The fourth-order valence-corrected chi connectivity index (χ4v) is 2.67. The summed E-state index contributed by atoms with van der Waals surface area (Å²) in [5.41, 5.74) is 6.49. The summed E-state index contributed by atoms with van der Waals surface area (Å²) in [6.45, 7) is 1.26. The summed E-state index contributed by atoms with van der Waals surface area (Å²) < 4.78 is 13.4. The highest BCUT2D eigenvalue weighted by Gasteiger charge is 2.51. The van der Waals surface area contributed by atoms with Crippen molar-refractivity contribution < 1.29 is 9.18 Å². The second-order valence-corrected chi connectivity index (χ2v) is 5.53. The molecule has 4 heteroatoms. The van der Waals surface area contributed by atoms with E-state index in [0.29, 0.717) is 24.6 Å². The van der Waals surface area contributed by atoms with E-state index in [-0.39, 0.29) is 23.7 Å². The zero-order chi connectivity index (χ0) is 12.8. The number of hydrogen-bond donors (Lipinski definition) is 1. The summed E-state index contributed by atoms with van der Waals surface area (Å²) in [5, 5.41) is 0. The molecule has 2 aliphatic rings. The number of carbonyl (C=O) groups excluding carboxylic acids is 1. The number of nitrogens with two attached hydrogens (primary N) is 1. The highest BCUT2D eigenvalue weighted by atomic mass is 19.1. The van der Waals surface area contributed by atoms with E-state index in [2.05, 4.69) is 0 Å². The minimum absolute atomic E-state index is 0.0261. The van der Waals surface area contributed by atoms with E-state index in [1.54, 1.807) is 23.1 Å². The molecule has 3 nitrogen and oxygen atoms in total. The van der Waals surface area contributed by atoms with Gasteiger partial charge in [0.05, 0.1) is 12.0 Å². The molecule has 1 aromatic rings. The third kappa shape index (κ3) is 2.01. The molecule has 1 amide bonds. The van der Waals surface area contributed by atoms with Gasteiger partial charge in [0, 0.05) is 13.1 Å². The van der Waals surface area contributed by atoms with Gasteiger partial charge in [-0.1, -0.05) is 18.2 Å². The normalized spacial score (nSPS) is 21.6. The Kier molecular flexibility index (Phi) is 2.63. The lowest BCUT2D eigenvalue weighted by atomic mass is 9.85. The summed E-state index contributed by atoms with van der Waals surface area (Å²) in [4.78, 5) is 13.7. The van der Waals surface area contributed by atoms with Crippen molar-refractivity contribution in [3.8, 4) is 0 Å². The standard InChI is InChI=1S/C14H17FN2O/c15-12-4-2-1-3-10(12)7-13(18)17-8-14(16,9-17)11-5-6-11/h1-4,11H,5-9,16H2. The van der Waals surface area contributed by atoms with Crippen molar-refractivity contribution in [1.82, 2.24) is 4.90 Å². The van der Waals surface area contributed by atoms with Crippen LogP contribution in [0.5, 0.6) is 0 Å². The van der Waals surface area contributed by atoms with Crippen molar-refractivity contribution >= 4 is 5.91 Å². The van der Waals surface area contributed by atoms with Gasteiger partial charge in [-0.2, -0.15) is 0 Å². The van der Waals surface area contributed by atoms with Gasteiger partial charge in [-0.25, -0.2) is 4.39 Å². The van der Waals surface area contributed by atoms with Gasteiger partial charge in [-0.15, -0.1) is 0 Å². The average molecular weight is 248 g/mol. The summed E-state index contributed by atoms with van der Waals surface area (Å²) in [6, 6.07) is 6.42. The van der Waals surface area contributed by atoms with Crippen LogP contribution in [0.25, 0.3) is 0 Å². The van der Waals surface area contributed by atoms with E-state index in [0.717, 1.165) is 0 Å². The van der Waals surface area contributed by atoms with Crippen LogP contribution in [0, 0.1) is 11.7 Å². The van der Waals surface area contributed by atoms with Crippen LogP contribution in [0.4, 0.5) is 4.39 Å². The van der Waals surface area contributed by atoms with Crippen LogP contribution in [0.2, 0.25) is 0 Å². The van der Waals surface area contributed by atoms with Crippen molar-refractivity contribution in [3.05, 3.63) is 35.6 Å². The molecule has 3 rings (SSSR count). The number of carbonyl (C=O) groups is 1. The van der Waals surface area contributed by atoms with Crippen molar-refractivity contribution in [2.75, 3.05) is 13.1 Å². The molecule has 0 radical (unpaired) electrons. The Bertz CT molecular complexity index is 478. The predicted octanol–water partition coefficient (Wildman–Crippen LogP) is 1.32. The van der Waals surface area contributed by atoms with Crippen molar-refractivity contribution in [3.63, 3.8) is 0 Å². The first kappa shape index (κ1) is 11.7. The number of amides is 1. The van der Waals surface area contributed by atoms with Crippen molar-refractivity contribution in [2.45, 2.75) is 24.8 Å². The van der Waals surface area contributed by atoms with Gasteiger partial charge in [0.2, 0.25) is 5.91 Å². The Morgan fingerprint density at radius 1 is 1.39 bits per heavy atom. The number of hydrogen-bond acceptors (Lipinski definition) is 2. The molecule has 0 unspecified atom stereocenters. The number of benzene rings is 1. The molecular weight excluding hydrogens is 231 g/mol. The Hall–Kier alpha value is -1.42. The highest BCUT2D eigenvalue weighted by Crippen LogP contribution is 2.43. The number of halogens is 1. The molecule has 2 fully saturated rings. The number of likely N-dealkylation sites (tertiary alicyclic amines) is 1. The first-order chi connectivity index (χ1) is 8.58. The summed E-state index contributed by atoms with van der Waals surface area (Å²) >= 11 is 0. The van der Waals surface area contributed by atoms with Crippen LogP contribution in [0.1, 0.15) is 18.4 Å². The average Bonchev–Trinajstić information content (AvgIpc) is 3.12. The fourth-order valence-electron chi connectivity index (χ4n) is 2.67. The Labute approximate surface area is 106 Å². The third-order valence-electron chi connectivity index (χ3n) is 4.01. The van der Waals surface area contributed by atoms with Crippen LogP contribution in [-0.2, 0) is 11.2 Å². The van der Waals surface area contributed by atoms with Crippen LogP contribution in [0.15, 0.2) is 24.3 Å². The van der Waals surface area contributed by atoms with E-state index in [1.807, 2.05) is 0 Å². The maximum Gasteiger partial charge on any atom is 0.227 e. The van der Waals surface area contributed by atoms with Crippen LogP contribution in [-0.4, -0.2) is 29.4 Å². The molecule has 0 atom stereocenters. The first-order valence-electron chi connectivity index (χ1n) is 6.38. The summed E-state index contributed by atoms with van der Waals surface area (Å²) in [5.74, 6) is 0.254. The molecule has 0 spiro atoms. The minimum Gasteiger partial charge on any atom is -0.339 e. The van der Waals surface area contributed by atoms with Crippen molar-refractivity contribution in [1.29, 1.82) is 0 Å². The lowest BCUT2D eigenvalue weighted by Crippen LogP contribution is -2.70. The van der Waals surface area contributed by atoms with Gasteiger partial charge in [-0.3, -0.25) is 4.79 Å². The zero-order valence-electron chi connectivity index (χ0n) is 10.2. The molecule has 1 aliphatic carbocycles. The second-order valence-electron chi connectivity index (χ2n) is 5.53. The molecule has 1 aliphatic heterocycles. The molecule has 1 saturated heterocycles. The summed E-state index contributed by atoms with van der Waals surface area (Å²) in [7, 11) is 0. The molecule has 1 saturated carbocycles. The Morgan fingerprint density at radius 3 is 2.67 bits per heavy atom. The molecule has 1 heterocycles. The fraction of sp³-hybridized carbons (Fsp3) is 0.500. The van der Waals surface area contributed by atoms with Crippen LogP contribution in [0.3, 0.4) is 0 Å². The number of nitrogens with zero attached hydrogens (tertiary/aromatic N) is 1. The molecule has 96 valence electrons. The predicted molar refractivity (Wildman–Crippen MR) is 66.3 cm³/mol. The molecule has 0 aromatic heterocycles. The van der Waals surface area contributed by atoms with Gasteiger partial charge >= 0.3 is 0 Å². The Morgan fingerprint density at radius 2 is 2.06 bits per heavy atom. The first-order valence-corrected chi connectivity index (χ1v) is 6.38. The molecule has 2 N–H and O–H groups in total. The van der Waals surface area contributed by atoms with E-state index in [9.17, 15) is 9.18 Å². The van der Waals surface area contributed by atoms with Gasteiger partial charge in [0.15, 0.2) is 0 Å². The van der Waals surface area contributed by atoms with Crippen LogP contribution < -0.4 is 5.73 Å². The summed E-state index contributed by atoms with van der Waals surface area (Å²) in [6.07, 6.45) is 2.51. The monoisotopic (exact) mass is 248 g/mol. The van der Waals surface area contributed by atoms with E-state index < -0.39 is 0 Å². The lowest BCUT2D eigenvalue weighted by molar-refractivity contribution is -0.138. The Balaban J connectivity index is 1.59. The number of rotatable bonds is 3. The second kappa shape index (κ2) is 4.05. The lowest BCUT2D eigenvalue weighted by Gasteiger charge is -2.48. The van der Waals surface area contributed by atoms with E-state index in [1.165, 1.54) is 18.9 Å². The van der Waals surface area contributed by atoms with Crippen molar-refractivity contribution in [2.24, 2.45) is 11.7 Å². The van der Waals surface area contributed by atoms with Crippen LogP contribution >= 0.6 is 0 Å². The van der Waals surface area contributed by atoms with Gasteiger partial charge < -0.3 is 10.6 Å². The van der Waals surface area contributed by atoms with Gasteiger partial charge in [0.25, 0.3) is 0 Å². The minimum atomic E-state index is -0.312. The smallest absolute Gasteiger partial charge is 0.227 e. The topological polar surface area (TPSA) is 46.3 Å². The van der Waals surface area contributed by atoms with E-state index in [4.69, 9.17) is 5.73 Å². The maximum atomic E-state index is 13.4. The van der Waals surface area contributed by atoms with Gasteiger partial charge in [-0.05, 0) is 30.4 Å². The maximum absolute atomic E-state index is 13.4. The third-order valence-corrected chi connectivity index (χ3v) is 4.01. The molecular formula is C14H17FN2O. The highest BCUT2D eigenvalue weighted by molar-refractivity contribution is 5.80. The van der Waals surface area contributed by atoms with E-state index >= 15 is 0 Å². The zero-order valence-corrected chi connectivity index (χ0v) is 10.2. The molecule has 1 aromatic carbocycles. The largest absolute Gasteiger partial charge is 0.339 e. The molecule has 18 heavy (non-hydrogen) atoms. The SMILES string of the molecule is NC1(C2CC2)CN(C(=O)Cc2ccccc2F)C1. The quantitative estimate of drug-likeness (QED) is 0.877. The molecule has 0 bridgehead atoms.